The molecule has 0 radical (unpaired) electrons. The number of amides is 2. The van der Waals surface area contributed by atoms with Gasteiger partial charge in [-0.1, -0.05) is 0 Å². The molecule has 2 amide bonds. The molecule has 100 valence electrons. The Labute approximate surface area is 108 Å². The topological polar surface area (TPSA) is 49.4 Å². The number of nitrogens with zero attached hydrogens (tertiary/aromatic N) is 1. The van der Waals surface area contributed by atoms with Crippen LogP contribution in [-0.2, 0) is 9.59 Å². The summed E-state index contributed by atoms with van der Waals surface area (Å²) >= 11 is 0. The van der Waals surface area contributed by atoms with E-state index in [4.69, 9.17) is 0 Å². The summed E-state index contributed by atoms with van der Waals surface area (Å²) in [5.41, 5.74) is 0. The van der Waals surface area contributed by atoms with Gasteiger partial charge in [-0.3, -0.25) is 14.5 Å². The minimum Gasteiger partial charge on any atom is -0.317 e. The highest BCUT2D eigenvalue weighted by atomic mass is 16.2. The van der Waals surface area contributed by atoms with Gasteiger partial charge in [-0.05, 0) is 58.0 Å². The maximum Gasteiger partial charge on any atom is 0.232 e. The minimum absolute atomic E-state index is 0.0931. The number of piperidine rings is 2. The summed E-state index contributed by atoms with van der Waals surface area (Å²) < 4.78 is 0. The zero-order valence-electron chi connectivity index (χ0n) is 11.0. The van der Waals surface area contributed by atoms with Crippen molar-refractivity contribution in [3.05, 3.63) is 0 Å². The summed E-state index contributed by atoms with van der Waals surface area (Å²) in [5.74, 6) is 0.977. The molecule has 3 rings (SSSR count). The summed E-state index contributed by atoms with van der Waals surface area (Å²) in [6.07, 6.45) is 4.81. The van der Waals surface area contributed by atoms with Crippen LogP contribution in [0.3, 0.4) is 0 Å². The van der Waals surface area contributed by atoms with Crippen molar-refractivity contribution >= 4 is 11.8 Å². The summed E-state index contributed by atoms with van der Waals surface area (Å²) in [7, 11) is 0. The lowest BCUT2D eigenvalue weighted by Gasteiger charge is -2.39. The summed E-state index contributed by atoms with van der Waals surface area (Å²) in [5, 5.41) is 3.34. The van der Waals surface area contributed by atoms with Crippen LogP contribution in [0.15, 0.2) is 0 Å². The first kappa shape index (κ1) is 12.2. The molecule has 2 saturated heterocycles. The average Bonchev–Trinajstić information content (AvgIpc) is 2.85. The monoisotopic (exact) mass is 250 g/mol. The van der Waals surface area contributed by atoms with Gasteiger partial charge < -0.3 is 5.32 Å². The lowest BCUT2D eigenvalue weighted by Crippen LogP contribution is -2.54. The number of nitrogens with one attached hydrogen (secondary N) is 1. The molecule has 0 aromatic carbocycles. The van der Waals surface area contributed by atoms with Crippen LogP contribution < -0.4 is 5.32 Å². The van der Waals surface area contributed by atoms with E-state index in [2.05, 4.69) is 12.2 Å². The first-order valence-corrected chi connectivity index (χ1v) is 7.26. The molecule has 4 nitrogen and oxygen atoms in total. The van der Waals surface area contributed by atoms with Crippen molar-refractivity contribution in [1.82, 2.24) is 10.2 Å². The van der Waals surface area contributed by atoms with Gasteiger partial charge in [-0.25, -0.2) is 0 Å². The van der Waals surface area contributed by atoms with E-state index in [-0.39, 0.29) is 29.7 Å². The molecule has 1 aliphatic carbocycles. The van der Waals surface area contributed by atoms with Crippen LogP contribution in [0.4, 0.5) is 0 Å². The molecule has 1 N–H and O–H groups in total. The Bertz CT molecular complexity index is 341. The number of likely N-dealkylation sites (tertiary alicyclic amines) is 1. The first-order chi connectivity index (χ1) is 8.68. The molecular weight excluding hydrogens is 228 g/mol. The van der Waals surface area contributed by atoms with Crippen LogP contribution in [-0.4, -0.2) is 35.8 Å². The Morgan fingerprint density at radius 3 is 2.17 bits per heavy atom. The van der Waals surface area contributed by atoms with E-state index < -0.39 is 0 Å². The standard InChI is InChI=1S/C14H22N2O2/c1-9(10-4-6-15-7-5-10)16-13(17)11-2-3-12(8-11)14(16)18/h9-12,15H,2-8H2,1H3. The summed E-state index contributed by atoms with van der Waals surface area (Å²) in [6, 6.07) is 0.0931. The van der Waals surface area contributed by atoms with Gasteiger partial charge in [0.15, 0.2) is 0 Å². The number of rotatable bonds is 2. The van der Waals surface area contributed by atoms with E-state index in [1.165, 1.54) is 0 Å². The van der Waals surface area contributed by atoms with E-state index in [1.807, 2.05) is 0 Å². The third-order valence-electron chi connectivity index (χ3n) is 5.08. The van der Waals surface area contributed by atoms with Gasteiger partial charge in [-0.15, -0.1) is 0 Å². The number of hydrogen-bond donors (Lipinski definition) is 1. The molecule has 0 aromatic heterocycles. The highest BCUT2D eigenvalue weighted by Gasteiger charge is 2.47. The average molecular weight is 250 g/mol. The van der Waals surface area contributed by atoms with Crippen molar-refractivity contribution in [2.75, 3.05) is 13.1 Å². The third kappa shape index (κ3) is 1.87. The number of carbonyl (C=O) groups excluding carboxylic acids is 2. The Balaban J connectivity index is 1.77. The first-order valence-electron chi connectivity index (χ1n) is 7.26. The van der Waals surface area contributed by atoms with Crippen LogP contribution in [0.2, 0.25) is 0 Å². The SMILES string of the molecule is CC(C1CCNCC1)N1C(=O)C2CCC(C2)C1=O. The number of carbonyl (C=O) groups is 2. The van der Waals surface area contributed by atoms with Crippen molar-refractivity contribution < 1.29 is 9.59 Å². The van der Waals surface area contributed by atoms with Crippen LogP contribution >= 0.6 is 0 Å². The molecule has 1 saturated carbocycles. The second-order valence-corrected chi connectivity index (χ2v) is 6.08. The number of imide groups is 1. The second kappa shape index (κ2) is 4.65. The lowest BCUT2D eigenvalue weighted by atomic mass is 9.87. The summed E-state index contributed by atoms with van der Waals surface area (Å²) in [4.78, 5) is 26.4. The van der Waals surface area contributed by atoms with Gasteiger partial charge in [0.2, 0.25) is 11.8 Å². The molecule has 4 heteroatoms. The van der Waals surface area contributed by atoms with E-state index in [9.17, 15) is 9.59 Å². The molecule has 3 aliphatic rings. The van der Waals surface area contributed by atoms with Gasteiger partial charge in [0.1, 0.15) is 0 Å². The Morgan fingerprint density at radius 2 is 1.61 bits per heavy atom. The normalized spacial score (nSPS) is 35.1. The predicted molar refractivity (Wildman–Crippen MR) is 67.7 cm³/mol. The Kier molecular flexibility index (Phi) is 3.14. The van der Waals surface area contributed by atoms with Gasteiger partial charge in [0.25, 0.3) is 0 Å². The third-order valence-corrected chi connectivity index (χ3v) is 5.08. The molecule has 3 fully saturated rings. The molecule has 2 aliphatic heterocycles. The second-order valence-electron chi connectivity index (χ2n) is 6.08. The molecule has 0 spiro atoms. The highest BCUT2D eigenvalue weighted by molar-refractivity contribution is 6.01. The van der Waals surface area contributed by atoms with Crippen LogP contribution in [0.25, 0.3) is 0 Å². The molecule has 2 heterocycles. The van der Waals surface area contributed by atoms with Gasteiger partial charge in [0.05, 0.1) is 0 Å². The molecule has 3 unspecified atom stereocenters. The zero-order valence-corrected chi connectivity index (χ0v) is 11.0. The quantitative estimate of drug-likeness (QED) is 0.748. The van der Waals surface area contributed by atoms with E-state index in [0.29, 0.717) is 5.92 Å². The fourth-order valence-corrected chi connectivity index (χ4v) is 3.87. The Hall–Kier alpha value is -0.900. The van der Waals surface area contributed by atoms with E-state index >= 15 is 0 Å². The number of fused-ring (bicyclic) bond motifs is 2. The molecule has 0 aromatic rings. The van der Waals surface area contributed by atoms with Crippen molar-refractivity contribution in [1.29, 1.82) is 0 Å². The van der Waals surface area contributed by atoms with Gasteiger partial charge in [0, 0.05) is 17.9 Å². The van der Waals surface area contributed by atoms with E-state index in [0.717, 1.165) is 45.2 Å². The maximum absolute atomic E-state index is 12.4. The fourth-order valence-electron chi connectivity index (χ4n) is 3.87. The molecule has 3 atom stereocenters. The molecule has 2 bridgehead atoms. The van der Waals surface area contributed by atoms with Crippen molar-refractivity contribution in [3.8, 4) is 0 Å². The minimum atomic E-state index is 0.0931. The predicted octanol–water partition coefficient (Wildman–Crippen LogP) is 1.16. The summed E-state index contributed by atoms with van der Waals surface area (Å²) in [6.45, 7) is 4.09. The van der Waals surface area contributed by atoms with Gasteiger partial charge in [-0.2, -0.15) is 0 Å². The van der Waals surface area contributed by atoms with Gasteiger partial charge >= 0.3 is 0 Å². The maximum atomic E-state index is 12.4. The highest BCUT2D eigenvalue weighted by Crippen LogP contribution is 2.40. The smallest absolute Gasteiger partial charge is 0.232 e. The largest absolute Gasteiger partial charge is 0.317 e. The van der Waals surface area contributed by atoms with Crippen LogP contribution in [0, 0.1) is 17.8 Å². The molecular formula is C14H22N2O2. The molecule has 18 heavy (non-hydrogen) atoms. The number of hydrogen-bond acceptors (Lipinski definition) is 3. The van der Waals surface area contributed by atoms with Crippen molar-refractivity contribution in [3.63, 3.8) is 0 Å². The van der Waals surface area contributed by atoms with Crippen molar-refractivity contribution in [2.45, 2.75) is 45.1 Å². The zero-order chi connectivity index (χ0) is 12.7. The Morgan fingerprint density at radius 1 is 1.06 bits per heavy atom. The van der Waals surface area contributed by atoms with Crippen LogP contribution in [0.5, 0.6) is 0 Å². The van der Waals surface area contributed by atoms with Crippen LogP contribution in [0.1, 0.15) is 39.0 Å². The van der Waals surface area contributed by atoms with E-state index in [1.54, 1.807) is 4.90 Å². The fraction of sp³-hybridized carbons (Fsp3) is 0.857. The van der Waals surface area contributed by atoms with Crippen molar-refractivity contribution in [2.24, 2.45) is 17.8 Å². The lowest BCUT2D eigenvalue weighted by molar-refractivity contribution is -0.157.